The third-order valence-electron chi connectivity index (χ3n) is 4.37. The second-order valence-corrected chi connectivity index (χ2v) is 6.41. The first-order valence-electron chi connectivity index (χ1n) is 8.88. The van der Waals surface area contributed by atoms with Gasteiger partial charge >= 0.3 is 6.03 Å². The maximum Gasteiger partial charge on any atom is 0.319 e. The molecule has 4 rings (SSSR count). The normalized spacial score (nSPS) is 13.4. The fourth-order valence-corrected chi connectivity index (χ4v) is 2.93. The van der Waals surface area contributed by atoms with Crippen LogP contribution in [0.15, 0.2) is 60.8 Å². The van der Waals surface area contributed by atoms with Crippen LogP contribution in [-0.2, 0) is 6.54 Å². The number of carbonyl (C=O) groups is 1. The third-order valence-corrected chi connectivity index (χ3v) is 4.37. The molecule has 1 fully saturated rings. The maximum absolute atomic E-state index is 12.0. The summed E-state index contributed by atoms with van der Waals surface area (Å²) in [7, 11) is 0. The van der Waals surface area contributed by atoms with Crippen LogP contribution in [0, 0.1) is 0 Å². The van der Waals surface area contributed by atoms with Gasteiger partial charge in [-0.15, -0.1) is 0 Å². The number of nitrogens with one attached hydrogen (secondary N) is 2. The molecule has 2 N–H and O–H groups in total. The molecule has 1 aliphatic carbocycles. The Labute approximate surface area is 152 Å². The van der Waals surface area contributed by atoms with E-state index in [0.717, 1.165) is 17.1 Å². The van der Waals surface area contributed by atoms with Crippen LogP contribution >= 0.6 is 0 Å². The maximum atomic E-state index is 12.0. The second kappa shape index (κ2) is 7.39. The van der Waals surface area contributed by atoms with Crippen LogP contribution in [0.5, 0.6) is 0 Å². The zero-order valence-corrected chi connectivity index (χ0v) is 14.4. The van der Waals surface area contributed by atoms with E-state index in [-0.39, 0.29) is 6.03 Å². The van der Waals surface area contributed by atoms with Crippen molar-refractivity contribution >= 4 is 11.7 Å². The Morgan fingerprint density at radius 2 is 1.88 bits per heavy atom. The zero-order valence-electron chi connectivity index (χ0n) is 14.4. The second-order valence-electron chi connectivity index (χ2n) is 6.41. The number of nitrogens with zero attached hydrogens (tertiary/aromatic N) is 3. The third kappa shape index (κ3) is 3.91. The summed E-state index contributed by atoms with van der Waals surface area (Å²) in [5.41, 5.74) is 3.78. The van der Waals surface area contributed by atoms with E-state index in [1.165, 1.54) is 18.5 Å². The van der Waals surface area contributed by atoms with Gasteiger partial charge in [0.15, 0.2) is 0 Å². The van der Waals surface area contributed by atoms with Crippen molar-refractivity contribution in [3.05, 3.63) is 66.5 Å². The van der Waals surface area contributed by atoms with Crippen LogP contribution in [0.2, 0.25) is 0 Å². The highest BCUT2D eigenvalue weighted by Crippen LogP contribution is 2.41. The molecule has 26 heavy (non-hydrogen) atoms. The molecule has 1 aliphatic rings. The topological polar surface area (TPSA) is 71.8 Å². The first kappa shape index (κ1) is 16.3. The first-order chi connectivity index (χ1) is 12.8. The van der Waals surface area contributed by atoms with Crippen molar-refractivity contribution < 1.29 is 4.79 Å². The minimum Gasteiger partial charge on any atom is -0.336 e. The quantitative estimate of drug-likeness (QED) is 0.715. The van der Waals surface area contributed by atoms with Crippen LogP contribution in [0.1, 0.15) is 24.5 Å². The smallest absolute Gasteiger partial charge is 0.319 e. The lowest BCUT2D eigenvalue weighted by Gasteiger charge is -2.09. The summed E-state index contributed by atoms with van der Waals surface area (Å²) < 4.78 is 2.00. The molecule has 0 aliphatic heterocycles. The van der Waals surface area contributed by atoms with E-state index in [1.54, 1.807) is 6.20 Å². The summed E-state index contributed by atoms with van der Waals surface area (Å²) in [5.74, 6) is 0.582. The van der Waals surface area contributed by atoms with Crippen molar-refractivity contribution in [2.75, 3.05) is 11.9 Å². The standard InChI is InChI=1S/C20H21N5O/c26-20(23-16-6-2-1-3-7-16)22-12-13-25-19(15-9-10-15)14-18(24-25)17-8-4-5-11-21-17/h1-8,11,14-15H,9-10,12-13H2,(H2,22,23,26). The molecular formula is C20H21N5O. The van der Waals surface area contributed by atoms with E-state index in [0.29, 0.717) is 19.0 Å². The van der Waals surface area contributed by atoms with E-state index < -0.39 is 0 Å². The fourth-order valence-electron chi connectivity index (χ4n) is 2.93. The number of urea groups is 1. The minimum absolute atomic E-state index is 0.207. The van der Waals surface area contributed by atoms with Gasteiger partial charge in [-0.3, -0.25) is 9.67 Å². The van der Waals surface area contributed by atoms with Crippen LogP contribution in [0.3, 0.4) is 0 Å². The number of aromatic nitrogens is 3. The van der Waals surface area contributed by atoms with Crippen LogP contribution in [0.25, 0.3) is 11.4 Å². The molecule has 0 bridgehead atoms. The van der Waals surface area contributed by atoms with Crippen LogP contribution < -0.4 is 10.6 Å². The lowest BCUT2D eigenvalue weighted by atomic mass is 10.2. The van der Waals surface area contributed by atoms with Crippen molar-refractivity contribution in [1.82, 2.24) is 20.1 Å². The summed E-state index contributed by atoms with van der Waals surface area (Å²) in [6.45, 7) is 1.16. The van der Waals surface area contributed by atoms with Gasteiger partial charge in [0.25, 0.3) is 0 Å². The molecule has 0 spiro atoms. The number of benzene rings is 1. The summed E-state index contributed by atoms with van der Waals surface area (Å²) in [6.07, 6.45) is 4.19. The molecule has 3 aromatic rings. The Morgan fingerprint density at radius 3 is 2.62 bits per heavy atom. The largest absolute Gasteiger partial charge is 0.336 e. The summed E-state index contributed by atoms with van der Waals surface area (Å²) in [4.78, 5) is 16.4. The van der Waals surface area contributed by atoms with Gasteiger partial charge in [-0.1, -0.05) is 24.3 Å². The van der Waals surface area contributed by atoms with Crippen LogP contribution in [0.4, 0.5) is 10.5 Å². The SMILES string of the molecule is O=C(NCCn1nc(-c2ccccn2)cc1C1CC1)Nc1ccccc1. The number of pyridine rings is 1. The van der Waals surface area contributed by atoms with E-state index in [4.69, 9.17) is 5.10 Å². The molecule has 0 unspecified atom stereocenters. The van der Waals surface area contributed by atoms with Gasteiger partial charge in [-0.05, 0) is 43.2 Å². The van der Waals surface area contributed by atoms with Gasteiger partial charge in [0, 0.05) is 30.0 Å². The van der Waals surface area contributed by atoms with Crippen molar-refractivity contribution in [2.45, 2.75) is 25.3 Å². The van der Waals surface area contributed by atoms with Crippen molar-refractivity contribution in [3.63, 3.8) is 0 Å². The molecule has 0 saturated heterocycles. The molecule has 0 radical (unpaired) electrons. The molecule has 6 heteroatoms. The first-order valence-corrected chi connectivity index (χ1v) is 8.88. The highest BCUT2D eigenvalue weighted by Gasteiger charge is 2.28. The Hall–Kier alpha value is -3.15. The molecule has 2 heterocycles. The van der Waals surface area contributed by atoms with E-state index >= 15 is 0 Å². The van der Waals surface area contributed by atoms with Crippen molar-refractivity contribution in [1.29, 1.82) is 0 Å². The Kier molecular flexibility index (Phi) is 4.64. The molecule has 2 aromatic heterocycles. The minimum atomic E-state index is -0.207. The summed E-state index contributed by atoms with van der Waals surface area (Å²) in [5, 5.41) is 10.4. The number of para-hydroxylation sites is 1. The lowest BCUT2D eigenvalue weighted by molar-refractivity contribution is 0.251. The van der Waals surface area contributed by atoms with Gasteiger partial charge in [-0.25, -0.2) is 4.79 Å². The number of rotatable bonds is 6. The van der Waals surface area contributed by atoms with Crippen molar-refractivity contribution in [2.24, 2.45) is 0 Å². The molecule has 1 aromatic carbocycles. The van der Waals surface area contributed by atoms with Gasteiger partial charge in [-0.2, -0.15) is 5.10 Å². The molecule has 1 saturated carbocycles. The van der Waals surface area contributed by atoms with Gasteiger partial charge < -0.3 is 10.6 Å². The summed E-state index contributed by atoms with van der Waals surface area (Å²) >= 11 is 0. The Bertz CT molecular complexity index is 872. The Morgan fingerprint density at radius 1 is 1.08 bits per heavy atom. The van der Waals surface area contributed by atoms with E-state index in [2.05, 4.69) is 21.7 Å². The number of hydrogen-bond donors (Lipinski definition) is 2. The predicted molar refractivity (Wildman–Crippen MR) is 101 cm³/mol. The molecule has 2 amide bonds. The highest BCUT2D eigenvalue weighted by molar-refractivity contribution is 5.89. The van der Waals surface area contributed by atoms with Gasteiger partial charge in [0.2, 0.25) is 0 Å². The average molecular weight is 347 g/mol. The predicted octanol–water partition coefficient (Wildman–Crippen LogP) is 3.64. The highest BCUT2D eigenvalue weighted by atomic mass is 16.2. The van der Waals surface area contributed by atoms with E-state index in [9.17, 15) is 4.79 Å². The number of anilines is 1. The average Bonchev–Trinajstić information content (AvgIpc) is 3.43. The molecule has 0 atom stereocenters. The van der Waals surface area contributed by atoms with E-state index in [1.807, 2.05) is 53.2 Å². The molecule has 6 nitrogen and oxygen atoms in total. The summed E-state index contributed by atoms with van der Waals surface area (Å²) in [6, 6.07) is 17.2. The van der Waals surface area contributed by atoms with Gasteiger partial charge in [0.05, 0.1) is 12.2 Å². The fraction of sp³-hybridized carbons (Fsp3) is 0.250. The lowest BCUT2D eigenvalue weighted by Crippen LogP contribution is -2.31. The number of carbonyl (C=O) groups excluding carboxylic acids is 1. The number of amides is 2. The zero-order chi connectivity index (χ0) is 17.8. The van der Waals surface area contributed by atoms with Crippen molar-refractivity contribution in [3.8, 4) is 11.4 Å². The van der Waals surface area contributed by atoms with Gasteiger partial charge in [0.1, 0.15) is 5.69 Å². The van der Waals surface area contributed by atoms with Crippen LogP contribution in [-0.4, -0.2) is 27.3 Å². The number of hydrogen-bond acceptors (Lipinski definition) is 3. The molecule has 132 valence electrons. The monoisotopic (exact) mass is 347 g/mol. The Balaban J connectivity index is 1.38. The molecular weight excluding hydrogens is 326 g/mol.